The molecule has 0 unspecified atom stereocenters. The van der Waals surface area contributed by atoms with Crippen LogP contribution in [-0.2, 0) is 0 Å². The van der Waals surface area contributed by atoms with Crippen molar-refractivity contribution in [2.45, 2.75) is 32.6 Å². The normalized spacial score (nSPS) is 16.7. The molecule has 0 radical (unpaired) electrons. The second-order valence-corrected chi connectivity index (χ2v) is 10.2. The fraction of sp³-hybridized carbons (Fsp3) is 0.440. The van der Waals surface area contributed by atoms with Gasteiger partial charge in [-0.3, -0.25) is 4.79 Å². The number of benzene rings is 1. The van der Waals surface area contributed by atoms with E-state index in [1.165, 1.54) is 16.9 Å². The van der Waals surface area contributed by atoms with E-state index < -0.39 is 0 Å². The van der Waals surface area contributed by atoms with Crippen LogP contribution in [0, 0.1) is 6.92 Å². The molecule has 0 atom stereocenters. The van der Waals surface area contributed by atoms with Gasteiger partial charge in [-0.05, 0) is 70.4 Å². The number of hydrogen-bond donors (Lipinski definition) is 1. The predicted octanol–water partition coefficient (Wildman–Crippen LogP) is 4.55. The molecule has 10 heteroatoms. The van der Waals surface area contributed by atoms with Gasteiger partial charge >= 0.3 is 0 Å². The highest BCUT2D eigenvalue weighted by molar-refractivity contribution is 7.16. The number of piperidine rings is 1. The maximum Gasteiger partial charge on any atom is 0.280 e. The zero-order valence-electron chi connectivity index (χ0n) is 20.8. The molecule has 184 valence electrons. The Bertz CT molecular complexity index is 1250. The molecule has 0 bridgehead atoms. The van der Waals surface area contributed by atoms with Gasteiger partial charge in [-0.25, -0.2) is 9.97 Å². The number of aryl methyl sites for hydroxylation is 1. The summed E-state index contributed by atoms with van der Waals surface area (Å²) in [5.74, 6) is 2.27. The third kappa shape index (κ3) is 4.32. The molecule has 1 aromatic carbocycles. The molecule has 4 heterocycles. The van der Waals surface area contributed by atoms with Gasteiger partial charge in [-0.2, -0.15) is 4.98 Å². The average Bonchev–Trinajstić information content (AvgIpc) is 3.24. The molecular weight excluding hydrogens is 462 g/mol. The predicted molar refractivity (Wildman–Crippen MR) is 140 cm³/mol. The molecule has 2 aliphatic heterocycles. The number of hydrogen-bond acceptors (Lipinski definition) is 9. The second kappa shape index (κ2) is 9.43. The SMILES string of the molecule is CCN1C(=O)c2nc(C)sc2N(C)c2nc(Nc3ccc(C4CCN(C)CC4)cc3OC)ncc21. The number of nitrogens with zero attached hydrogens (tertiary/aromatic N) is 6. The van der Waals surface area contributed by atoms with E-state index in [-0.39, 0.29) is 5.91 Å². The van der Waals surface area contributed by atoms with Crippen LogP contribution in [-0.4, -0.2) is 66.6 Å². The maximum absolute atomic E-state index is 13.2. The number of carbonyl (C=O) groups excluding carboxylic acids is 1. The van der Waals surface area contributed by atoms with Crippen LogP contribution in [0.1, 0.15) is 46.7 Å². The Kier molecular flexibility index (Phi) is 6.33. The summed E-state index contributed by atoms with van der Waals surface area (Å²) in [7, 11) is 5.77. The molecule has 35 heavy (non-hydrogen) atoms. The van der Waals surface area contributed by atoms with Crippen LogP contribution in [0.2, 0.25) is 0 Å². The standard InChI is InChI=1S/C25H31N7O2S/c1-6-32-19-14-26-25(29-22(19)31(4)24-21(23(32)33)27-15(2)35-24)28-18-8-7-17(13-20(18)34-5)16-9-11-30(3)12-10-16/h7-8,13-14,16H,6,9-12H2,1-5H3,(H,26,28,29). The lowest BCUT2D eigenvalue weighted by Crippen LogP contribution is -2.30. The van der Waals surface area contributed by atoms with Crippen molar-refractivity contribution >= 4 is 45.4 Å². The van der Waals surface area contributed by atoms with Gasteiger partial charge in [0.2, 0.25) is 5.95 Å². The van der Waals surface area contributed by atoms with Crippen LogP contribution in [0.4, 0.5) is 28.1 Å². The number of rotatable bonds is 5. The number of aromatic nitrogens is 3. The Morgan fingerprint density at radius 1 is 1.20 bits per heavy atom. The van der Waals surface area contributed by atoms with E-state index in [4.69, 9.17) is 9.72 Å². The first-order valence-corrected chi connectivity index (χ1v) is 12.7. The van der Waals surface area contributed by atoms with Gasteiger partial charge in [0.05, 0.1) is 24.0 Å². The number of amides is 1. The van der Waals surface area contributed by atoms with Crippen LogP contribution in [0.25, 0.3) is 0 Å². The van der Waals surface area contributed by atoms with E-state index in [9.17, 15) is 4.79 Å². The highest BCUT2D eigenvalue weighted by Gasteiger charge is 2.33. The lowest BCUT2D eigenvalue weighted by atomic mass is 9.89. The van der Waals surface area contributed by atoms with Gasteiger partial charge < -0.3 is 24.8 Å². The fourth-order valence-electron chi connectivity index (χ4n) is 4.82. The lowest BCUT2D eigenvalue weighted by Gasteiger charge is -2.29. The average molecular weight is 494 g/mol. The Balaban J connectivity index is 1.46. The number of anilines is 5. The topological polar surface area (TPSA) is 86.7 Å². The van der Waals surface area contributed by atoms with E-state index in [0.717, 1.165) is 47.4 Å². The summed E-state index contributed by atoms with van der Waals surface area (Å²) in [5.41, 5.74) is 3.22. The maximum atomic E-state index is 13.2. The molecule has 0 spiro atoms. The minimum atomic E-state index is -0.132. The Labute approximate surface area is 209 Å². The van der Waals surface area contributed by atoms with Crippen LogP contribution >= 0.6 is 11.3 Å². The number of ether oxygens (including phenoxy) is 1. The van der Waals surface area contributed by atoms with Gasteiger partial charge in [0, 0.05) is 13.6 Å². The highest BCUT2D eigenvalue weighted by atomic mass is 32.1. The van der Waals surface area contributed by atoms with Crippen molar-refractivity contribution in [3.8, 4) is 5.75 Å². The number of methoxy groups -OCH3 is 1. The van der Waals surface area contributed by atoms with Crippen LogP contribution in [0.5, 0.6) is 5.75 Å². The summed E-state index contributed by atoms with van der Waals surface area (Å²) in [5, 5.41) is 4.96. The first kappa shape index (κ1) is 23.5. The van der Waals surface area contributed by atoms with E-state index in [1.807, 2.05) is 31.9 Å². The van der Waals surface area contributed by atoms with Crippen molar-refractivity contribution in [2.75, 3.05) is 56.0 Å². The number of thiazole rings is 1. The molecule has 0 aliphatic carbocycles. The van der Waals surface area contributed by atoms with Crippen LogP contribution in [0.15, 0.2) is 24.4 Å². The summed E-state index contributed by atoms with van der Waals surface area (Å²) >= 11 is 1.49. The van der Waals surface area contributed by atoms with Crippen molar-refractivity contribution < 1.29 is 9.53 Å². The number of carbonyl (C=O) groups is 1. The largest absolute Gasteiger partial charge is 0.495 e. The molecule has 0 saturated carbocycles. The molecule has 9 nitrogen and oxygen atoms in total. The van der Waals surface area contributed by atoms with E-state index in [2.05, 4.69) is 39.4 Å². The number of likely N-dealkylation sites (tertiary alicyclic amines) is 1. The summed E-state index contributed by atoms with van der Waals surface area (Å²) in [4.78, 5) is 33.0. The zero-order chi connectivity index (χ0) is 24.7. The smallest absolute Gasteiger partial charge is 0.280 e. The number of fused-ring (bicyclic) bond motifs is 2. The molecule has 5 rings (SSSR count). The Hall–Kier alpha value is -3.24. The minimum absolute atomic E-state index is 0.132. The zero-order valence-corrected chi connectivity index (χ0v) is 21.6. The van der Waals surface area contributed by atoms with Crippen molar-refractivity contribution in [1.82, 2.24) is 19.9 Å². The van der Waals surface area contributed by atoms with Crippen LogP contribution in [0.3, 0.4) is 0 Å². The quantitative estimate of drug-likeness (QED) is 0.554. The number of nitrogens with one attached hydrogen (secondary N) is 1. The molecule has 1 amide bonds. The Morgan fingerprint density at radius 3 is 2.69 bits per heavy atom. The summed E-state index contributed by atoms with van der Waals surface area (Å²) < 4.78 is 5.72. The van der Waals surface area contributed by atoms with Gasteiger partial charge in [0.25, 0.3) is 5.91 Å². The highest BCUT2D eigenvalue weighted by Crippen LogP contribution is 2.42. The first-order valence-electron chi connectivity index (χ1n) is 11.9. The molecule has 1 N–H and O–H groups in total. The summed E-state index contributed by atoms with van der Waals surface area (Å²) in [6, 6.07) is 6.33. The molecule has 1 fully saturated rings. The molecule has 2 aliphatic rings. The van der Waals surface area contributed by atoms with E-state index in [0.29, 0.717) is 35.6 Å². The van der Waals surface area contributed by atoms with Crippen molar-refractivity contribution in [3.05, 3.63) is 40.7 Å². The van der Waals surface area contributed by atoms with Gasteiger partial charge in [0.15, 0.2) is 11.5 Å². The monoisotopic (exact) mass is 493 g/mol. The second-order valence-electron chi connectivity index (χ2n) is 9.06. The third-order valence-electron chi connectivity index (χ3n) is 6.81. The van der Waals surface area contributed by atoms with Crippen molar-refractivity contribution in [2.24, 2.45) is 0 Å². The molecule has 2 aromatic heterocycles. The molecular formula is C25H31N7O2S. The fourth-order valence-corrected chi connectivity index (χ4v) is 5.69. The lowest BCUT2D eigenvalue weighted by molar-refractivity contribution is 0.0985. The van der Waals surface area contributed by atoms with Crippen molar-refractivity contribution in [1.29, 1.82) is 0 Å². The van der Waals surface area contributed by atoms with Gasteiger partial charge in [-0.15, -0.1) is 11.3 Å². The summed E-state index contributed by atoms with van der Waals surface area (Å²) in [6.45, 7) is 6.57. The van der Waals surface area contributed by atoms with Gasteiger partial charge in [0.1, 0.15) is 16.4 Å². The van der Waals surface area contributed by atoms with E-state index >= 15 is 0 Å². The first-order chi connectivity index (χ1) is 16.9. The van der Waals surface area contributed by atoms with E-state index in [1.54, 1.807) is 18.2 Å². The molecule has 3 aromatic rings. The van der Waals surface area contributed by atoms with Crippen LogP contribution < -0.4 is 19.9 Å². The van der Waals surface area contributed by atoms with Crippen molar-refractivity contribution in [3.63, 3.8) is 0 Å². The summed E-state index contributed by atoms with van der Waals surface area (Å²) in [6.07, 6.45) is 4.00. The Morgan fingerprint density at radius 2 is 1.97 bits per heavy atom. The van der Waals surface area contributed by atoms with Gasteiger partial charge in [-0.1, -0.05) is 6.07 Å². The minimum Gasteiger partial charge on any atom is -0.495 e. The molecule has 1 saturated heterocycles. The third-order valence-corrected chi connectivity index (χ3v) is 7.85.